The first-order valence-corrected chi connectivity index (χ1v) is 10.4. The number of rotatable bonds is 4. The second-order valence-corrected chi connectivity index (χ2v) is 8.22. The van der Waals surface area contributed by atoms with Crippen LogP contribution in [0.1, 0.15) is 28.8 Å². The van der Waals surface area contributed by atoms with E-state index in [2.05, 4.69) is 16.4 Å². The molecule has 0 unspecified atom stereocenters. The summed E-state index contributed by atoms with van der Waals surface area (Å²) in [5, 5.41) is 5.43. The van der Waals surface area contributed by atoms with Crippen molar-refractivity contribution in [1.29, 1.82) is 0 Å². The van der Waals surface area contributed by atoms with Gasteiger partial charge in [0, 0.05) is 34.7 Å². The van der Waals surface area contributed by atoms with Crippen molar-refractivity contribution < 1.29 is 14.0 Å². The summed E-state index contributed by atoms with van der Waals surface area (Å²) in [6.45, 7) is 0.592. The van der Waals surface area contributed by atoms with E-state index >= 15 is 0 Å². The van der Waals surface area contributed by atoms with Crippen molar-refractivity contribution in [2.24, 2.45) is 5.92 Å². The Morgan fingerprint density at radius 3 is 2.69 bits per heavy atom. The average Bonchev–Trinajstić information content (AvgIpc) is 3.34. The number of amides is 2. The fourth-order valence-electron chi connectivity index (χ4n) is 3.54. The summed E-state index contributed by atoms with van der Waals surface area (Å²) in [5.41, 5.74) is 4.20. The standard InChI is InChI=1S/C22H18FN3O2S/c23-17-6-3-14(4-7-17)21(28)26-10-9-16-11-15(5-8-19(16)26)18-12-29-22(24-18)25-20(27)13-1-2-13/h3-8,11-13H,1-2,9-10H2,(H,24,25,27). The molecule has 0 spiro atoms. The number of anilines is 2. The molecule has 1 saturated carbocycles. The minimum absolute atomic E-state index is 0.0507. The van der Waals surface area contributed by atoms with Crippen LogP contribution in [0.4, 0.5) is 15.2 Å². The maximum absolute atomic E-state index is 13.1. The van der Waals surface area contributed by atoms with Crippen LogP contribution < -0.4 is 10.2 Å². The lowest BCUT2D eigenvalue weighted by molar-refractivity contribution is -0.117. The summed E-state index contributed by atoms with van der Waals surface area (Å²) in [4.78, 5) is 31.0. The van der Waals surface area contributed by atoms with Gasteiger partial charge >= 0.3 is 0 Å². The van der Waals surface area contributed by atoms with Crippen molar-refractivity contribution >= 4 is 34.0 Å². The summed E-state index contributed by atoms with van der Waals surface area (Å²) < 4.78 is 13.1. The van der Waals surface area contributed by atoms with E-state index in [-0.39, 0.29) is 23.5 Å². The molecule has 1 fully saturated rings. The number of halogens is 1. The third kappa shape index (κ3) is 3.53. The number of nitrogens with zero attached hydrogens (tertiary/aromatic N) is 2. The highest BCUT2D eigenvalue weighted by molar-refractivity contribution is 7.14. The number of hydrogen-bond donors (Lipinski definition) is 1. The van der Waals surface area contributed by atoms with E-state index in [4.69, 9.17) is 0 Å². The molecule has 0 bridgehead atoms. The van der Waals surface area contributed by atoms with Crippen molar-refractivity contribution in [2.75, 3.05) is 16.8 Å². The molecule has 0 atom stereocenters. The average molecular weight is 407 g/mol. The van der Waals surface area contributed by atoms with Crippen molar-refractivity contribution in [2.45, 2.75) is 19.3 Å². The number of carbonyl (C=O) groups is 2. The van der Waals surface area contributed by atoms with E-state index in [1.807, 2.05) is 17.5 Å². The molecule has 7 heteroatoms. The predicted octanol–water partition coefficient (Wildman–Crippen LogP) is 4.50. The number of hydrogen-bond acceptors (Lipinski definition) is 4. The maximum Gasteiger partial charge on any atom is 0.258 e. The Hall–Kier alpha value is -3.06. The van der Waals surface area contributed by atoms with Crippen LogP contribution in [-0.4, -0.2) is 23.3 Å². The highest BCUT2D eigenvalue weighted by atomic mass is 32.1. The molecule has 2 amide bonds. The van der Waals surface area contributed by atoms with Crippen LogP contribution >= 0.6 is 11.3 Å². The Morgan fingerprint density at radius 1 is 1.14 bits per heavy atom. The molecule has 1 aliphatic heterocycles. The molecular weight excluding hydrogens is 389 g/mol. The molecule has 0 radical (unpaired) electrons. The first kappa shape index (κ1) is 18.0. The monoisotopic (exact) mass is 407 g/mol. The molecule has 2 aliphatic rings. The van der Waals surface area contributed by atoms with Gasteiger partial charge in [-0.05, 0) is 61.2 Å². The third-order valence-electron chi connectivity index (χ3n) is 5.29. The summed E-state index contributed by atoms with van der Waals surface area (Å²) in [6.07, 6.45) is 2.68. The van der Waals surface area contributed by atoms with Gasteiger partial charge in [0.25, 0.3) is 5.91 Å². The van der Waals surface area contributed by atoms with E-state index in [0.717, 1.165) is 41.8 Å². The Kier molecular flexibility index (Phi) is 4.39. The Bertz CT molecular complexity index is 1110. The summed E-state index contributed by atoms with van der Waals surface area (Å²) in [5.74, 6) is -0.291. The topological polar surface area (TPSA) is 62.3 Å². The van der Waals surface area contributed by atoms with E-state index in [1.165, 1.54) is 35.6 Å². The van der Waals surface area contributed by atoms with Gasteiger partial charge < -0.3 is 10.2 Å². The van der Waals surface area contributed by atoms with Crippen LogP contribution in [-0.2, 0) is 11.2 Å². The maximum atomic E-state index is 13.1. The Balaban J connectivity index is 1.35. The highest BCUT2D eigenvalue weighted by Crippen LogP contribution is 2.35. The number of aromatic nitrogens is 1. The summed E-state index contributed by atoms with van der Waals surface area (Å²) >= 11 is 1.42. The molecule has 5 rings (SSSR count). The molecule has 1 aromatic heterocycles. The zero-order valence-corrected chi connectivity index (χ0v) is 16.3. The minimum atomic E-state index is -0.357. The lowest BCUT2D eigenvalue weighted by Crippen LogP contribution is -2.28. The van der Waals surface area contributed by atoms with Crippen molar-refractivity contribution in [1.82, 2.24) is 4.98 Å². The van der Waals surface area contributed by atoms with Gasteiger partial charge in [-0.1, -0.05) is 6.07 Å². The number of benzene rings is 2. The molecule has 2 heterocycles. The van der Waals surface area contributed by atoms with Crippen molar-refractivity contribution in [3.05, 3.63) is 64.8 Å². The van der Waals surface area contributed by atoms with Crippen molar-refractivity contribution in [3.8, 4) is 11.3 Å². The van der Waals surface area contributed by atoms with E-state index < -0.39 is 0 Å². The number of thiazole rings is 1. The predicted molar refractivity (Wildman–Crippen MR) is 111 cm³/mol. The normalized spacial score (nSPS) is 15.3. The van der Waals surface area contributed by atoms with E-state index in [9.17, 15) is 14.0 Å². The van der Waals surface area contributed by atoms with Gasteiger partial charge in [0.2, 0.25) is 5.91 Å². The fourth-order valence-corrected chi connectivity index (χ4v) is 4.26. The van der Waals surface area contributed by atoms with Crippen molar-refractivity contribution in [3.63, 3.8) is 0 Å². The van der Waals surface area contributed by atoms with Crippen LogP contribution in [0.15, 0.2) is 47.8 Å². The van der Waals surface area contributed by atoms with Crippen LogP contribution in [0.2, 0.25) is 0 Å². The van der Waals surface area contributed by atoms with Crippen LogP contribution in [0.5, 0.6) is 0 Å². The van der Waals surface area contributed by atoms with Gasteiger partial charge in [-0.15, -0.1) is 11.3 Å². The third-order valence-corrected chi connectivity index (χ3v) is 6.05. The molecule has 2 aromatic carbocycles. The fraction of sp³-hybridized carbons (Fsp3) is 0.227. The zero-order valence-electron chi connectivity index (χ0n) is 15.5. The molecule has 1 aliphatic carbocycles. The molecule has 29 heavy (non-hydrogen) atoms. The zero-order chi connectivity index (χ0) is 20.0. The highest BCUT2D eigenvalue weighted by Gasteiger charge is 2.30. The number of fused-ring (bicyclic) bond motifs is 1. The van der Waals surface area contributed by atoms with Crippen LogP contribution in [0.3, 0.4) is 0 Å². The van der Waals surface area contributed by atoms with Gasteiger partial charge in [-0.2, -0.15) is 0 Å². The summed E-state index contributed by atoms with van der Waals surface area (Å²) in [6, 6.07) is 11.5. The molecule has 146 valence electrons. The molecule has 3 aromatic rings. The number of nitrogens with one attached hydrogen (secondary N) is 1. The smallest absolute Gasteiger partial charge is 0.258 e. The van der Waals surface area contributed by atoms with Gasteiger partial charge in [0.05, 0.1) is 5.69 Å². The van der Waals surface area contributed by atoms with Crippen LogP contribution in [0, 0.1) is 11.7 Å². The SMILES string of the molecule is O=C(Nc1nc(-c2ccc3c(c2)CCN3C(=O)c2ccc(F)cc2)cs1)C1CC1. The Morgan fingerprint density at radius 2 is 1.93 bits per heavy atom. The lowest BCUT2D eigenvalue weighted by atomic mass is 10.1. The second kappa shape index (κ2) is 7.08. The van der Waals surface area contributed by atoms with Crippen LogP contribution in [0.25, 0.3) is 11.3 Å². The first-order valence-electron chi connectivity index (χ1n) is 9.55. The number of carbonyl (C=O) groups excluding carboxylic acids is 2. The molecular formula is C22H18FN3O2S. The largest absolute Gasteiger partial charge is 0.308 e. The molecule has 5 nitrogen and oxygen atoms in total. The van der Waals surface area contributed by atoms with Gasteiger partial charge in [0.15, 0.2) is 5.13 Å². The van der Waals surface area contributed by atoms with Gasteiger partial charge in [0.1, 0.15) is 5.82 Å². The van der Waals surface area contributed by atoms with E-state index in [0.29, 0.717) is 17.2 Å². The summed E-state index contributed by atoms with van der Waals surface area (Å²) in [7, 11) is 0. The quantitative estimate of drug-likeness (QED) is 0.693. The van der Waals surface area contributed by atoms with E-state index in [1.54, 1.807) is 4.90 Å². The van der Waals surface area contributed by atoms with Gasteiger partial charge in [-0.3, -0.25) is 9.59 Å². The minimum Gasteiger partial charge on any atom is -0.308 e. The Labute approximate surface area is 171 Å². The first-order chi connectivity index (χ1) is 14.1. The van der Waals surface area contributed by atoms with Gasteiger partial charge in [-0.25, -0.2) is 9.37 Å². The lowest BCUT2D eigenvalue weighted by Gasteiger charge is -2.17. The molecule has 1 N–H and O–H groups in total. The second-order valence-electron chi connectivity index (χ2n) is 7.36. The molecule has 0 saturated heterocycles.